The zero-order chi connectivity index (χ0) is 11.1. The SMILES string of the molecule is CC1(C)CC1CNC(=O)c1sccc1Cl. The number of nitrogens with one attached hydrogen (secondary N) is 1. The molecule has 0 aliphatic heterocycles. The van der Waals surface area contributed by atoms with E-state index in [1.807, 2.05) is 5.38 Å². The molecule has 0 bridgehead atoms. The molecule has 1 heterocycles. The molecular formula is C11H14ClNOS. The second-order valence-electron chi connectivity index (χ2n) is 4.70. The molecule has 0 aromatic carbocycles. The molecule has 1 amide bonds. The van der Waals surface area contributed by atoms with Gasteiger partial charge in [0, 0.05) is 6.54 Å². The van der Waals surface area contributed by atoms with Gasteiger partial charge in [0.1, 0.15) is 4.88 Å². The van der Waals surface area contributed by atoms with Gasteiger partial charge in [-0.2, -0.15) is 0 Å². The summed E-state index contributed by atoms with van der Waals surface area (Å²) in [5.74, 6) is 0.581. The van der Waals surface area contributed by atoms with Gasteiger partial charge in [0.15, 0.2) is 0 Å². The van der Waals surface area contributed by atoms with Crippen molar-refractivity contribution in [2.45, 2.75) is 20.3 Å². The van der Waals surface area contributed by atoms with Gasteiger partial charge in [-0.3, -0.25) is 4.79 Å². The summed E-state index contributed by atoms with van der Waals surface area (Å²) >= 11 is 7.26. The van der Waals surface area contributed by atoms with Gasteiger partial charge < -0.3 is 5.32 Å². The highest BCUT2D eigenvalue weighted by atomic mass is 35.5. The highest BCUT2D eigenvalue weighted by molar-refractivity contribution is 7.12. The summed E-state index contributed by atoms with van der Waals surface area (Å²) in [4.78, 5) is 12.3. The lowest BCUT2D eigenvalue weighted by Crippen LogP contribution is -2.26. The lowest BCUT2D eigenvalue weighted by molar-refractivity contribution is 0.0955. The molecule has 1 aromatic rings. The molecule has 0 radical (unpaired) electrons. The second kappa shape index (κ2) is 3.80. The average Bonchev–Trinajstić information content (AvgIpc) is 2.58. The summed E-state index contributed by atoms with van der Waals surface area (Å²) < 4.78 is 0. The number of carbonyl (C=O) groups is 1. The first-order chi connectivity index (χ1) is 7.00. The molecule has 1 N–H and O–H groups in total. The largest absolute Gasteiger partial charge is 0.351 e. The van der Waals surface area contributed by atoms with Gasteiger partial charge in [0.05, 0.1) is 5.02 Å². The van der Waals surface area contributed by atoms with Crippen molar-refractivity contribution in [1.29, 1.82) is 0 Å². The highest BCUT2D eigenvalue weighted by Gasteiger charge is 2.45. The number of hydrogen-bond donors (Lipinski definition) is 1. The summed E-state index contributed by atoms with van der Waals surface area (Å²) in [6, 6.07) is 1.75. The van der Waals surface area contributed by atoms with Gasteiger partial charge in [0.2, 0.25) is 0 Å². The van der Waals surface area contributed by atoms with Crippen LogP contribution in [0, 0.1) is 11.3 Å². The van der Waals surface area contributed by atoms with E-state index < -0.39 is 0 Å². The monoisotopic (exact) mass is 243 g/mol. The Kier molecular flexibility index (Phi) is 2.77. The minimum atomic E-state index is -0.0438. The van der Waals surface area contributed by atoms with Crippen molar-refractivity contribution in [3.63, 3.8) is 0 Å². The first kappa shape index (κ1) is 11.0. The Morgan fingerprint density at radius 3 is 2.87 bits per heavy atom. The molecular weight excluding hydrogens is 230 g/mol. The number of hydrogen-bond acceptors (Lipinski definition) is 2. The Hall–Kier alpha value is -0.540. The minimum Gasteiger partial charge on any atom is -0.351 e. The van der Waals surface area contributed by atoms with Crippen molar-refractivity contribution < 1.29 is 4.79 Å². The van der Waals surface area contributed by atoms with Crippen LogP contribution in [0.15, 0.2) is 11.4 Å². The lowest BCUT2D eigenvalue weighted by atomic mass is 10.1. The molecule has 2 rings (SSSR count). The zero-order valence-corrected chi connectivity index (χ0v) is 10.4. The maximum atomic E-state index is 11.7. The van der Waals surface area contributed by atoms with Crippen LogP contribution in [0.4, 0.5) is 0 Å². The van der Waals surface area contributed by atoms with E-state index in [2.05, 4.69) is 19.2 Å². The van der Waals surface area contributed by atoms with E-state index in [0.29, 0.717) is 21.2 Å². The maximum Gasteiger partial charge on any atom is 0.262 e. The smallest absolute Gasteiger partial charge is 0.262 e. The molecule has 1 aliphatic rings. The topological polar surface area (TPSA) is 29.1 Å². The van der Waals surface area contributed by atoms with E-state index >= 15 is 0 Å². The quantitative estimate of drug-likeness (QED) is 0.868. The normalized spacial score (nSPS) is 22.5. The van der Waals surface area contributed by atoms with Crippen LogP contribution in [0.25, 0.3) is 0 Å². The molecule has 0 saturated heterocycles. The third kappa shape index (κ3) is 2.34. The second-order valence-corrected chi connectivity index (χ2v) is 6.02. The van der Waals surface area contributed by atoms with Gasteiger partial charge in [-0.05, 0) is 29.2 Å². The van der Waals surface area contributed by atoms with E-state index in [1.54, 1.807) is 6.07 Å². The first-order valence-corrected chi connectivity index (χ1v) is 6.27. The Bertz CT molecular complexity index is 386. The molecule has 4 heteroatoms. The molecule has 1 saturated carbocycles. The summed E-state index contributed by atoms with van der Waals surface area (Å²) in [6.07, 6.45) is 1.20. The molecule has 1 aromatic heterocycles. The van der Waals surface area contributed by atoms with Crippen molar-refractivity contribution in [3.05, 3.63) is 21.3 Å². The van der Waals surface area contributed by atoms with E-state index in [1.165, 1.54) is 17.8 Å². The molecule has 1 fully saturated rings. The summed E-state index contributed by atoms with van der Waals surface area (Å²) in [6.45, 7) is 5.21. The van der Waals surface area contributed by atoms with E-state index in [0.717, 1.165) is 6.54 Å². The van der Waals surface area contributed by atoms with Crippen molar-refractivity contribution in [1.82, 2.24) is 5.32 Å². The van der Waals surface area contributed by atoms with Crippen molar-refractivity contribution >= 4 is 28.8 Å². The van der Waals surface area contributed by atoms with Gasteiger partial charge >= 0.3 is 0 Å². The third-order valence-corrected chi connectivity index (χ3v) is 4.39. The van der Waals surface area contributed by atoms with Gasteiger partial charge in [-0.15, -0.1) is 11.3 Å². The van der Waals surface area contributed by atoms with Crippen LogP contribution >= 0.6 is 22.9 Å². The fourth-order valence-corrected chi connectivity index (χ4v) is 2.73. The number of rotatable bonds is 3. The predicted octanol–water partition coefficient (Wildman–Crippen LogP) is 3.18. The Morgan fingerprint density at radius 1 is 1.73 bits per heavy atom. The van der Waals surface area contributed by atoms with Gasteiger partial charge in [-0.1, -0.05) is 25.4 Å². The standard InChI is InChI=1S/C11H14ClNOS/c1-11(2)5-7(11)6-13-10(14)9-8(12)3-4-15-9/h3-4,7H,5-6H2,1-2H3,(H,13,14). The molecule has 1 unspecified atom stereocenters. The van der Waals surface area contributed by atoms with Crippen LogP contribution in [0.2, 0.25) is 5.02 Å². The third-order valence-electron chi connectivity index (χ3n) is 3.05. The Morgan fingerprint density at radius 2 is 2.40 bits per heavy atom. The van der Waals surface area contributed by atoms with Crippen LogP contribution in [0.3, 0.4) is 0 Å². The Balaban J connectivity index is 1.86. The molecule has 1 aliphatic carbocycles. The number of thiophene rings is 1. The van der Waals surface area contributed by atoms with Crippen LogP contribution < -0.4 is 5.32 Å². The fraction of sp³-hybridized carbons (Fsp3) is 0.545. The van der Waals surface area contributed by atoms with E-state index in [4.69, 9.17) is 11.6 Å². The van der Waals surface area contributed by atoms with Crippen molar-refractivity contribution in [3.8, 4) is 0 Å². The predicted molar refractivity (Wildman–Crippen MR) is 63.6 cm³/mol. The molecule has 82 valence electrons. The van der Waals surface area contributed by atoms with Crippen LogP contribution in [-0.2, 0) is 0 Å². The summed E-state index contributed by atoms with van der Waals surface area (Å²) in [5, 5.41) is 5.31. The minimum absolute atomic E-state index is 0.0438. The number of halogens is 1. The van der Waals surface area contributed by atoms with Crippen LogP contribution in [0.5, 0.6) is 0 Å². The highest BCUT2D eigenvalue weighted by Crippen LogP contribution is 2.51. The average molecular weight is 244 g/mol. The van der Waals surface area contributed by atoms with E-state index in [-0.39, 0.29) is 5.91 Å². The van der Waals surface area contributed by atoms with Gasteiger partial charge in [0.25, 0.3) is 5.91 Å². The fourth-order valence-electron chi connectivity index (χ4n) is 1.68. The first-order valence-electron chi connectivity index (χ1n) is 5.02. The zero-order valence-electron chi connectivity index (χ0n) is 8.84. The molecule has 1 atom stereocenters. The number of amides is 1. The molecule has 0 spiro atoms. The maximum absolute atomic E-state index is 11.7. The summed E-state index contributed by atoms with van der Waals surface area (Å²) in [7, 11) is 0. The molecule has 15 heavy (non-hydrogen) atoms. The van der Waals surface area contributed by atoms with E-state index in [9.17, 15) is 4.79 Å². The van der Waals surface area contributed by atoms with Crippen molar-refractivity contribution in [2.24, 2.45) is 11.3 Å². The van der Waals surface area contributed by atoms with Crippen molar-refractivity contribution in [2.75, 3.05) is 6.54 Å². The van der Waals surface area contributed by atoms with Gasteiger partial charge in [-0.25, -0.2) is 0 Å². The number of carbonyl (C=O) groups excluding carboxylic acids is 1. The lowest BCUT2D eigenvalue weighted by Gasteiger charge is -2.05. The van der Waals surface area contributed by atoms with Crippen LogP contribution in [0.1, 0.15) is 29.9 Å². The van der Waals surface area contributed by atoms with Crippen LogP contribution in [-0.4, -0.2) is 12.5 Å². The molecule has 2 nitrogen and oxygen atoms in total. The Labute approximate surface area is 98.6 Å². The summed E-state index contributed by atoms with van der Waals surface area (Å²) in [5.41, 5.74) is 0.409.